The molecule has 0 bridgehead atoms. The molecule has 91 valence electrons. The normalized spacial score (nSPS) is 10.6. The molecule has 0 heteroatoms. The van der Waals surface area contributed by atoms with E-state index in [0.717, 1.165) is 6.42 Å². The first-order valence-corrected chi connectivity index (χ1v) is 6.84. The highest BCUT2D eigenvalue weighted by Gasteiger charge is 1.87. The van der Waals surface area contributed by atoms with Crippen LogP contribution in [-0.2, 0) is 0 Å². The smallest absolute Gasteiger partial charge is 0.0126 e. The van der Waals surface area contributed by atoms with E-state index in [0.29, 0.717) is 0 Å². The highest BCUT2D eigenvalue weighted by molar-refractivity contribution is 4.83. The van der Waals surface area contributed by atoms with Crippen LogP contribution in [0.3, 0.4) is 0 Å². The first kappa shape index (κ1) is 15.3. The summed E-state index contributed by atoms with van der Waals surface area (Å²) < 4.78 is 0. The summed E-state index contributed by atoms with van der Waals surface area (Å²) in [5.41, 5.74) is 2.55. The second kappa shape index (κ2) is 14.3. The maximum Gasteiger partial charge on any atom is -0.0126 e. The number of allylic oxidation sites excluding steroid dienone is 3. The van der Waals surface area contributed by atoms with E-state index in [1.54, 1.807) is 0 Å². The van der Waals surface area contributed by atoms with Crippen LogP contribution >= 0.6 is 0 Å². The molecule has 0 aromatic rings. The molecule has 0 saturated heterocycles. The molecule has 0 amide bonds. The average Bonchev–Trinajstić information content (AvgIpc) is 2.31. The van der Waals surface area contributed by atoms with E-state index in [4.69, 9.17) is 6.58 Å². The molecule has 0 saturated carbocycles. The molecule has 16 heavy (non-hydrogen) atoms. The van der Waals surface area contributed by atoms with Crippen molar-refractivity contribution >= 4 is 0 Å². The van der Waals surface area contributed by atoms with Crippen molar-refractivity contribution in [2.45, 2.75) is 71.1 Å². The Morgan fingerprint density at radius 1 is 0.812 bits per heavy atom. The Bertz CT molecular complexity index is 194. The minimum absolute atomic E-state index is 1.05. The maximum atomic E-state index is 5.14. The van der Waals surface area contributed by atoms with Crippen molar-refractivity contribution in [3.05, 3.63) is 30.5 Å². The molecule has 0 rings (SSSR count). The molecular formula is C16H27. The van der Waals surface area contributed by atoms with Crippen LogP contribution < -0.4 is 0 Å². The fraction of sp³-hybridized carbons (Fsp3) is 0.688. The van der Waals surface area contributed by atoms with Gasteiger partial charge in [-0.15, -0.1) is 5.73 Å². The summed E-state index contributed by atoms with van der Waals surface area (Å²) in [5.74, 6) is 0. The summed E-state index contributed by atoms with van der Waals surface area (Å²) in [6, 6.07) is 0. The molecule has 0 heterocycles. The van der Waals surface area contributed by atoms with Crippen molar-refractivity contribution < 1.29 is 0 Å². The summed E-state index contributed by atoms with van der Waals surface area (Å²) >= 11 is 0. The molecule has 1 radical (unpaired) electrons. The van der Waals surface area contributed by atoms with E-state index in [9.17, 15) is 0 Å². The fourth-order valence-electron chi connectivity index (χ4n) is 1.70. The summed E-state index contributed by atoms with van der Waals surface area (Å²) in [6.07, 6.45) is 19.5. The van der Waals surface area contributed by atoms with Gasteiger partial charge in [-0.25, -0.2) is 0 Å². The molecule has 0 N–H and O–H groups in total. The topological polar surface area (TPSA) is 0 Å². The van der Waals surface area contributed by atoms with Crippen molar-refractivity contribution in [1.29, 1.82) is 0 Å². The zero-order chi connectivity index (χ0) is 11.9. The Balaban J connectivity index is 3.06. The number of hydrogen-bond acceptors (Lipinski definition) is 0. The van der Waals surface area contributed by atoms with E-state index >= 15 is 0 Å². The van der Waals surface area contributed by atoms with Crippen LogP contribution in [0.25, 0.3) is 0 Å². The van der Waals surface area contributed by atoms with E-state index in [1.165, 1.54) is 57.8 Å². The Labute approximate surface area is 102 Å². The molecule has 0 atom stereocenters. The van der Waals surface area contributed by atoms with Crippen LogP contribution in [0.1, 0.15) is 71.1 Å². The van der Waals surface area contributed by atoms with E-state index in [1.807, 2.05) is 6.08 Å². The van der Waals surface area contributed by atoms with Crippen LogP contribution in [0.2, 0.25) is 0 Å². The van der Waals surface area contributed by atoms with Gasteiger partial charge in [-0.2, -0.15) is 0 Å². The third kappa shape index (κ3) is 13.3. The predicted molar refractivity (Wildman–Crippen MR) is 73.4 cm³/mol. The minimum atomic E-state index is 1.05. The monoisotopic (exact) mass is 219 g/mol. The number of hydrogen-bond donors (Lipinski definition) is 0. The zero-order valence-corrected chi connectivity index (χ0v) is 10.9. The van der Waals surface area contributed by atoms with Crippen LogP contribution in [-0.4, -0.2) is 0 Å². The van der Waals surface area contributed by atoms with Gasteiger partial charge >= 0.3 is 0 Å². The summed E-state index contributed by atoms with van der Waals surface area (Å²) in [4.78, 5) is 0. The van der Waals surface area contributed by atoms with Gasteiger partial charge in [-0.05, 0) is 44.8 Å². The van der Waals surface area contributed by atoms with E-state index in [2.05, 4.69) is 24.8 Å². The molecule has 0 spiro atoms. The standard InChI is InChI=1S/C16H27/c1-3-5-7-9-11-13-15-16-14-12-10-8-6-4-2/h1,5,13,15H,4,6-12,14,16H2,2H3. The van der Waals surface area contributed by atoms with Crippen LogP contribution in [0.4, 0.5) is 0 Å². The Kier molecular flexibility index (Phi) is 13.6. The van der Waals surface area contributed by atoms with Gasteiger partial charge in [0, 0.05) is 0 Å². The van der Waals surface area contributed by atoms with Gasteiger partial charge in [0.2, 0.25) is 0 Å². The summed E-state index contributed by atoms with van der Waals surface area (Å²) in [7, 11) is 0. The molecule has 0 unspecified atom stereocenters. The third-order valence-corrected chi connectivity index (χ3v) is 2.73. The maximum absolute atomic E-state index is 5.14. The van der Waals surface area contributed by atoms with Gasteiger partial charge in [0.15, 0.2) is 0 Å². The van der Waals surface area contributed by atoms with Crippen LogP contribution in [0, 0.1) is 6.58 Å². The number of rotatable bonds is 11. The third-order valence-electron chi connectivity index (χ3n) is 2.73. The fourth-order valence-corrected chi connectivity index (χ4v) is 1.70. The lowest BCUT2D eigenvalue weighted by Gasteiger charge is -1.97. The largest absolute Gasteiger partial charge is 0.125 e. The first-order chi connectivity index (χ1) is 7.91. The second-order valence-corrected chi connectivity index (χ2v) is 4.33. The Hall–Kier alpha value is -0.740. The lowest BCUT2D eigenvalue weighted by atomic mass is 10.1. The average molecular weight is 219 g/mol. The molecule has 0 aliphatic carbocycles. The van der Waals surface area contributed by atoms with Crippen molar-refractivity contribution in [1.82, 2.24) is 0 Å². The SMILES string of the molecule is [CH]=C=CCCCC=CCCCCCCCC. The van der Waals surface area contributed by atoms with Gasteiger partial charge < -0.3 is 0 Å². The van der Waals surface area contributed by atoms with Crippen LogP contribution in [0.5, 0.6) is 0 Å². The molecule has 0 fully saturated rings. The zero-order valence-electron chi connectivity index (χ0n) is 10.9. The van der Waals surface area contributed by atoms with Crippen molar-refractivity contribution in [2.75, 3.05) is 0 Å². The highest BCUT2D eigenvalue weighted by Crippen LogP contribution is 2.07. The summed E-state index contributed by atoms with van der Waals surface area (Å²) in [6.45, 7) is 7.40. The van der Waals surface area contributed by atoms with E-state index in [-0.39, 0.29) is 0 Å². The van der Waals surface area contributed by atoms with Crippen LogP contribution in [0.15, 0.2) is 24.0 Å². The van der Waals surface area contributed by atoms with Gasteiger partial charge in [-0.1, -0.05) is 51.2 Å². The Morgan fingerprint density at radius 3 is 2.12 bits per heavy atom. The molecular weight excluding hydrogens is 192 g/mol. The number of unbranched alkanes of at least 4 members (excludes halogenated alkanes) is 8. The predicted octanol–water partition coefficient (Wildman–Crippen LogP) is 5.61. The minimum Gasteiger partial charge on any atom is -0.125 e. The highest BCUT2D eigenvalue weighted by atomic mass is 13.9. The molecule has 0 aromatic carbocycles. The first-order valence-electron chi connectivity index (χ1n) is 6.84. The molecule has 0 aromatic heterocycles. The van der Waals surface area contributed by atoms with Crippen molar-refractivity contribution in [3.8, 4) is 0 Å². The molecule has 0 aliphatic heterocycles. The Morgan fingerprint density at radius 2 is 1.44 bits per heavy atom. The van der Waals surface area contributed by atoms with Gasteiger partial charge in [0.05, 0.1) is 0 Å². The molecule has 0 aliphatic rings. The lowest BCUT2D eigenvalue weighted by Crippen LogP contribution is -1.77. The van der Waals surface area contributed by atoms with Gasteiger partial charge in [-0.3, -0.25) is 0 Å². The van der Waals surface area contributed by atoms with Crippen molar-refractivity contribution in [3.63, 3.8) is 0 Å². The van der Waals surface area contributed by atoms with Gasteiger partial charge in [0.1, 0.15) is 0 Å². The lowest BCUT2D eigenvalue weighted by molar-refractivity contribution is 0.611. The van der Waals surface area contributed by atoms with Gasteiger partial charge in [0.25, 0.3) is 0 Å². The quantitative estimate of drug-likeness (QED) is 0.241. The second-order valence-electron chi connectivity index (χ2n) is 4.33. The summed E-state index contributed by atoms with van der Waals surface area (Å²) in [5, 5.41) is 0. The van der Waals surface area contributed by atoms with Crippen molar-refractivity contribution in [2.24, 2.45) is 0 Å². The molecule has 0 nitrogen and oxygen atoms in total. The van der Waals surface area contributed by atoms with E-state index < -0.39 is 0 Å².